The molecule has 114 valence electrons. The van der Waals surface area contributed by atoms with E-state index in [0.717, 1.165) is 4.90 Å². The third-order valence-corrected chi connectivity index (χ3v) is 4.78. The van der Waals surface area contributed by atoms with Crippen molar-refractivity contribution in [3.8, 4) is 0 Å². The van der Waals surface area contributed by atoms with Crippen LogP contribution < -0.4 is 0 Å². The largest absolute Gasteiger partial charge is 0.287 e. The Balaban J connectivity index is 2.78. The standard InChI is InChI=1S/C19H26OS/c1-7-8-9-14(2)16-10-12-17(13-11-16)21-18(20)15(3)19(4,5)6/h7-13,15H,1-6H3/b8-7-,14-9+. The summed E-state index contributed by atoms with van der Waals surface area (Å²) >= 11 is 1.34. The maximum absolute atomic E-state index is 12.3. The van der Waals surface area contributed by atoms with Gasteiger partial charge in [0.25, 0.3) is 0 Å². The number of carbonyl (C=O) groups excluding carboxylic acids is 1. The summed E-state index contributed by atoms with van der Waals surface area (Å²) in [5.41, 5.74) is 2.42. The fraction of sp³-hybridized carbons (Fsp3) is 0.421. The highest BCUT2D eigenvalue weighted by Gasteiger charge is 2.27. The van der Waals surface area contributed by atoms with Crippen LogP contribution in [0.2, 0.25) is 0 Å². The highest BCUT2D eigenvalue weighted by molar-refractivity contribution is 8.13. The summed E-state index contributed by atoms with van der Waals surface area (Å²) in [4.78, 5) is 13.3. The minimum absolute atomic E-state index is 0.00976. The first kappa shape index (κ1) is 17.8. The topological polar surface area (TPSA) is 17.1 Å². The molecule has 1 unspecified atom stereocenters. The molecule has 0 heterocycles. The van der Waals surface area contributed by atoms with Gasteiger partial charge in [0.05, 0.1) is 0 Å². The fourth-order valence-corrected chi connectivity index (χ4v) is 2.72. The molecule has 0 amide bonds. The van der Waals surface area contributed by atoms with Crippen LogP contribution in [0.15, 0.2) is 47.4 Å². The second-order valence-corrected chi connectivity index (χ2v) is 7.49. The monoisotopic (exact) mass is 302 g/mol. The van der Waals surface area contributed by atoms with Crippen molar-refractivity contribution in [1.82, 2.24) is 0 Å². The second kappa shape index (κ2) is 7.65. The lowest BCUT2D eigenvalue weighted by molar-refractivity contribution is -0.116. The Kier molecular flexibility index (Phi) is 6.47. The Morgan fingerprint density at radius 3 is 2.24 bits per heavy atom. The summed E-state index contributed by atoms with van der Waals surface area (Å²) < 4.78 is 0. The molecule has 0 radical (unpaired) electrons. The van der Waals surface area contributed by atoms with Crippen LogP contribution in [-0.2, 0) is 4.79 Å². The molecule has 0 N–H and O–H groups in total. The third kappa shape index (κ3) is 5.55. The molecule has 0 aromatic heterocycles. The lowest BCUT2D eigenvalue weighted by Crippen LogP contribution is -2.23. The first-order valence-electron chi connectivity index (χ1n) is 7.37. The number of rotatable bonds is 4. The van der Waals surface area contributed by atoms with Crippen LogP contribution in [0.25, 0.3) is 5.57 Å². The summed E-state index contributed by atoms with van der Waals surface area (Å²) in [6, 6.07) is 8.21. The lowest BCUT2D eigenvalue weighted by Gasteiger charge is -2.25. The lowest BCUT2D eigenvalue weighted by atomic mass is 9.83. The smallest absolute Gasteiger partial charge is 0.197 e. The molecule has 0 saturated carbocycles. The van der Waals surface area contributed by atoms with Gasteiger partial charge in [0, 0.05) is 10.8 Å². The quantitative estimate of drug-likeness (QED) is 0.503. The van der Waals surface area contributed by atoms with Crippen LogP contribution in [0.3, 0.4) is 0 Å². The Morgan fingerprint density at radius 2 is 1.76 bits per heavy atom. The van der Waals surface area contributed by atoms with E-state index in [1.807, 2.05) is 38.1 Å². The van der Waals surface area contributed by atoms with Gasteiger partial charge in [-0.15, -0.1) is 0 Å². The summed E-state index contributed by atoms with van der Waals surface area (Å²) in [6.07, 6.45) is 6.14. The molecule has 2 heteroatoms. The fourth-order valence-electron chi connectivity index (χ4n) is 1.68. The predicted molar refractivity (Wildman–Crippen MR) is 94.4 cm³/mol. The van der Waals surface area contributed by atoms with Gasteiger partial charge in [-0.2, -0.15) is 0 Å². The van der Waals surface area contributed by atoms with Crippen molar-refractivity contribution in [3.05, 3.63) is 48.1 Å². The van der Waals surface area contributed by atoms with Gasteiger partial charge in [-0.3, -0.25) is 4.79 Å². The molecule has 21 heavy (non-hydrogen) atoms. The first-order valence-corrected chi connectivity index (χ1v) is 8.19. The normalized spacial score (nSPS) is 14.5. The third-order valence-electron chi connectivity index (χ3n) is 3.72. The van der Waals surface area contributed by atoms with Crippen molar-refractivity contribution in [2.75, 3.05) is 0 Å². The molecule has 1 aromatic carbocycles. The van der Waals surface area contributed by atoms with Crippen LogP contribution in [0.4, 0.5) is 0 Å². The molecule has 0 spiro atoms. The molecule has 0 aliphatic heterocycles. The summed E-state index contributed by atoms with van der Waals surface area (Å²) in [6.45, 7) is 12.4. The van der Waals surface area contributed by atoms with Crippen molar-refractivity contribution < 1.29 is 4.79 Å². The highest BCUT2D eigenvalue weighted by Crippen LogP contribution is 2.33. The van der Waals surface area contributed by atoms with Gasteiger partial charge in [-0.1, -0.05) is 69.8 Å². The van der Waals surface area contributed by atoms with Crippen LogP contribution in [-0.4, -0.2) is 5.12 Å². The molecule has 0 saturated heterocycles. The van der Waals surface area contributed by atoms with Crippen LogP contribution in [0.5, 0.6) is 0 Å². The Morgan fingerprint density at radius 1 is 1.19 bits per heavy atom. The Bertz CT molecular complexity index is 530. The van der Waals surface area contributed by atoms with E-state index in [4.69, 9.17) is 0 Å². The average Bonchev–Trinajstić information content (AvgIpc) is 2.43. The van der Waals surface area contributed by atoms with Crippen molar-refractivity contribution >= 4 is 22.5 Å². The van der Waals surface area contributed by atoms with E-state index in [1.54, 1.807) is 0 Å². The molecule has 1 aromatic rings. The van der Waals surface area contributed by atoms with Crippen molar-refractivity contribution in [2.45, 2.75) is 46.4 Å². The zero-order chi connectivity index (χ0) is 16.0. The molecule has 0 aliphatic rings. The zero-order valence-corrected chi connectivity index (χ0v) is 14.8. The molecular weight excluding hydrogens is 276 g/mol. The van der Waals surface area contributed by atoms with Gasteiger partial charge < -0.3 is 0 Å². The van der Waals surface area contributed by atoms with Crippen molar-refractivity contribution in [1.29, 1.82) is 0 Å². The summed E-state index contributed by atoms with van der Waals surface area (Å²) in [5, 5.41) is 0.233. The minimum Gasteiger partial charge on any atom is -0.287 e. The van der Waals surface area contributed by atoms with Gasteiger partial charge in [-0.25, -0.2) is 0 Å². The van der Waals surface area contributed by atoms with Gasteiger partial charge in [0.15, 0.2) is 5.12 Å². The van der Waals surface area contributed by atoms with E-state index in [2.05, 4.69) is 45.9 Å². The zero-order valence-electron chi connectivity index (χ0n) is 13.9. The maximum Gasteiger partial charge on any atom is 0.197 e. The second-order valence-electron chi connectivity index (χ2n) is 6.41. The molecule has 0 fully saturated rings. The number of carbonyl (C=O) groups is 1. The highest BCUT2D eigenvalue weighted by atomic mass is 32.2. The van der Waals surface area contributed by atoms with Gasteiger partial charge in [0.2, 0.25) is 0 Å². The van der Waals surface area contributed by atoms with Crippen molar-refractivity contribution in [2.24, 2.45) is 11.3 Å². The predicted octanol–water partition coefficient (Wildman–Crippen LogP) is 5.97. The molecular formula is C19H26OS. The molecule has 0 aliphatic carbocycles. The Labute approximate surface area is 133 Å². The molecule has 1 nitrogen and oxygen atoms in total. The van der Waals surface area contributed by atoms with E-state index in [9.17, 15) is 4.79 Å². The summed E-state index contributed by atoms with van der Waals surface area (Å²) in [5.74, 6) is 0.0403. The molecule has 1 rings (SSSR count). The van der Waals surface area contributed by atoms with Crippen molar-refractivity contribution in [3.63, 3.8) is 0 Å². The van der Waals surface area contributed by atoms with Gasteiger partial charge in [-0.05, 0) is 42.5 Å². The number of thioether (sulfide) groups is 1. The maximum atomic E-state index is 12.3. The van der Waals surface area contributed by atoms with Crippen LogP contribution in [0.1, 0.15) is 47.1 Å². The van der Waals surface area contributed by atoms with Crippen LogP contribution in [0, 0.1) is 11.3 Å². The van der Waals surface area contributed by atoms with Gasteiger partial charge >= 0.3 is 0 Å². The SMILES string of the molecule is C/C=C\C=C(/C)c1ccc(SC(=O)C(C)C(C)(C)C)cc1. The molecule has 0 bridgehead atoms. The van der Waals surface area contributed by atoms with E-state index >= 15 is 0 Å². The van der Waals surface area contributed by atoms with E-state index < -0.39 is 0 Å². The van der Waals surface area contributed by atoms with Crippen LogP contribution >= 0.6 is 11.8 Å². The van der Waals surface area contributed by atoms with E-state index in [1.165, 1.54) is 22.9 Å². The van der Waals surface area contributed by atoms with E-state index in [0.29, 0.717) is 0 Å². The number of hydrogen-bond donors (Lipinski definition) is 0. The minimum atomic E-state index is 0.00976. The van der Waals surface area contributed by atoms with E-state index in [-0.39, 0.29) is 16.4 Å². The summed E-state index contributed by atoms with van der Waals surface area (Å²) in [7, 11) is 0. The number of hydrogen-bond acceptors (Lipinski definition) is 2. The number of allylic oxidation sites excluding steroid dienone is 4. The Hall–Kier alpha value is -1.28. The van der Waals surface area contributed by atoms with Gasteiger partial charge in [0.1, 0.15) is 0 Å². The average molecular weight is 302 g/mol. The number of benzene rings is 1. The first-order chi connectivity index (χ1) is 9.75. The molecule has 1 atom stereocenters.